The lowest BCUT2D eigenvalue weighted by Gasteiger charge is -2.28. The van der Waals surface area contributed by atoms with Crippen molar-refractivity contribution in [3.05, 3.63) is 35.5 Å². The Hall–Kier alpha value is -3.27. The minimum atomic E-state index is -0.359. The van der Waals surface area contributed by atoms with Crippen molar-refractivity contribution in [2.24, 2.45) is 5.92 Å². The van der Waals surface area contributed by atoms with E-state index in [4.69, 9.17) is 4.74 Å². The van der Waals surface area contributed by atoms with E-state index in [0.717, 1.165) is 36.7 Å². The van der Waals surface area contributed by atoms with Gasteiger partial charge in [0.25, 0.3) is 5.91 Å². The van der Waals surface area contributed by atoms with Gasteiger partial charge in [-0.25, -0.2) is 15.0 Å². The number of carbonyl (C=O) groups excluding carboxylic acids is 1. The molecule has 2 aliphatic rings. The highest BCUT2D eigenvalue weighted by atomic mass is 16.5. The number of nitrogens with one attached hydrogen (secondary N) is 2. The van der Waals surface area contributed by atoms with Gasteiger partial charge >= 0.3 is 0 Å². The Labute approximate surface area is 192 Å². The molecule has 2 bridgehead atoms. The van der Waals surface area contributed by atoms with Crippen LogP contribution < -0.4 is 20.3 Å². The summed E-state index contributed by atoms with van der Waals surface area (Å²) >= 11 is 0. The molecule has 10 heteroatoms. The first-order valence-corrected chi connectivity index (χ1v) is 11.6. The number of hydrogen-bond acceptors (Lipinski definition) is 8. The molecule has 0 aromatic carbocycles. The largest absolute Gasteiger partial charge is 0.477 e. The highest BCUT2D eigenvalue weighted by molar-refractivity contribution is 6.05. The Bertz CT molecular complexity index is 1160. The molecule has 0 spiro atoms. The van der Waals surface area contributed by atoms with E-state index in [1.807, 2.05) is 31.4 Å². The van der Waals surface area contributed by atoms with Crippen LogP contribution in [0.3, 0.4) is 0 Å². The lowest BCUT2D eigenvalue weighted by Crippen LogP contribution is -2.39. The summed E-state index contributed by atoms with van der Waals surface area (Å²) < 4.78 is 7.62. The van der Waals surface area contributed by atoms with Gasteiger partial charge < -0.3 is 24.7 Å². The average molecular weight is 451 g/mol. The van der Waals surface area contributed by atoms with Crippen LogP contribution in [0.15, 0.2) is 18.6 Å². The minimum absolute atomic E-state index is 0.287. The predicted octanol–water partition coefficient (Wildman–Crippen LogP) is 2.37. The van der Waals surface area contributed by atoms with Crippen LogP contribution in [0.2, 0.25) is 0 Å². The third kappa shape index (κ3) is 4.47. The van der Waals surface area contributed by atoms with E-state index in [2.05, 4.69) is 35.5 Å². The molecule has 2 N–H and O–H groups in total. The maximum Gasteiger partial charge on any atom is 0.263 e. The topological polar surface area (TPSA) is 110 Å². The molecule has 10 nitrogen and oxygen atoms in total. The molecule has 2 fully saturated rings. The second-order valence-corrected chi connectivity index (χ2v) is 8.91. The zero-order valence-corrected chi connectivity index (χ0v) is 19.3. The van der Waals surface area contributed by atoms with E-state index >= 15 is 0 Å². The van der Waals surface area contributed by atoms with Crippen molar-refractivity contribution in [2.75, 3.05) is 36.5 Å². The molecule has 33 heavy (non-hydrogen) atoms. The summed E-state index contributed by atoms with van der Waals surface area (Å²) in [4.78, 5) is 33.5. The van der Waals surface area contributed by atoms with Crippen LogP contribution in [0, 0.1) is 19.8 Å². The van der Waals surface area contributed by atoms with Crippen LogP contribution in [0.25, 0.3) is 5.65 Å². The molecule has 3 aromatic rings. The van der Waals surface area contributed by atoms with Crippen molar-refractivity contribution in [3.8, 4) is 5.88 Å². The zero-order valence-electron chi connectivity index (χ0n) is 19.3. The molecule has 0 saturated carbocycles. The summed E-state index contributed by atoms with van der Waals surface area (Å²) in [5.74, 6) is 1.55. The van der Waals surface area contributed by atoms with Gasteiger partial charge in [-0.3, -0.25) is 4.79 Å². The fourth-order valence-electron chi connectivity index (χ4n) is 4.75. The number of aromatic nitrogens is 5. The maximum absolute atomic E-state index is 13.1. The Balaban J connectivity index is 1.40. The van der Waals surface area contributed by atoms with Crippen molar-refractivity contribution in [3.63, 3.8) is 0 Å². The first kappa shape index (κ1) is 21.6. The van der Waals surface area contributed by atoms with Gasteiger partial charge in [0.2, 0.25) is 11.8 Å². The van der Waals surface area contributed by atoms with Gasteiger partial charge in [0.1, 0.15) is 11.4 Å². The van der Waals surface area contributed by atoms with E-state index < -0.39 is 0 Å². The number of amides is 1. The highest BCUT2D eigenvalue weighted by Gasteiger charge is 2.29. The summed E-state index contributed by atoms with van der Waals surface area (Å²) in [5, 5.41) is 6.51. The maximum atomic E-state index is 13.1. The van der Waals surface area contributed by atoms with Gasteiger partial charge in [-0.1, -0.05) is 6.42 Å². The Morgan fingerprint density at radius 2 is 2.09 bits per heavy atom. The standard InChI is InChI=1S/C23H30N8O2/c1-4-33-22-18(21(32)28-19-13-30-10-14(2)26-20(30)15(3)27-19)9-25-23(29-22)31-11-16-6-5-7-17(12-31)24-8-16/h9-10,13,16-17,24H,4-8,11-12H2,1-3H3,(H,28,32). The molecule has 0 radical (unpaired) electrons. The Morgan fingerprint density at radius 1 is 1.21 bits per heavy atom. The Morgan fingerprint density at radius 3 is 2.94 bits per heavy atom. The lowest BCUT2D eigenvalue weighted by molar-refractivity contribution is 0.102. The average Bonchev–Trinajstić information content (AvgIpc) is 2.92. The molecule has 1 amide bonds. The second kappa shape index (κ2) is 8.93. The molecule has 2 atom stereocenters. The minimum Gasteiger partial charge on any atom is -0.477 e. The molecule has 2 unspecified atom stereocenters. The van der Waals surface area contributed by atoms with Crippen LogP contribution >= 0.6 is 0 Å². The van der Waals surface area contributed by atoms with Gasteiger partial charge in [-0.05, 0) is 46.1 Å². The van der Waals surface area contributed by atoms with Crippen molar-refractivity contribution in [1.82, 2.24) is 29.7 Å². The number of imidazole rings is 1. The number of ether oxygens (including phenoxy) is 1. The number of rotatable bonds is 5. The first-order valence-electron chi connectivity index (χ1n) is 11.6. The molecule has 174 valence electrons. The van der Waals surface area contributed by atoms with Gasteiger partial charge in [0.15, 0.2) is 5.65 Å². The normalized spacial score (nSPS) is 20.5. The van der Waals surface area contributed by atoms with Crippen LogP contribution in [-0.4, -0.2) is 62.5 Å². The third-order valence-electron chi connectivity index (χ3n) is 6.30. The molecule has 0 aliphatic carbocycles. The SMILES string of the molecule is CCOc1nc(N2CC3CCCC(C2)NC3)ncc1C(=O)Nc1cn2cc(C)nc2c(C)n1. The predicted molar refractivity (Wildman–Crippen MR) is 125 cm³/mol. The van der Waals surface area contributed by atoms with Crippen molar-refractivity contribution >= 4 is 23.3 Å². The molecular formula is C23H30N8O2. The molecule has 2 saturated heterocycles. The van der Waals surface area contributed by atoms with Crippen LogP contribution in [0.5, 0.6) is 5.88 Å². The van der Waals surface area contributed by atoms with Crippen molar-refractivity contribution < 1.29 is 9.53 Å². The molecule has 3 aromatic heterocycles. The lowest BCUT2D eigenvalue weighted by atomic mass is 10.00. The van der Waals surface area contributed by atoms with Gasteiger partial charge in [-0.2, -0.15) is 4.98 Å². The number of anilines is 2. The smallest absolute Gasteiger partial charge is 0.263 e. The fraction of sp³-hybridized carbons (Fsp3) is 0.522. The van der Waals surface area contributed by atoms with E-state index in [1.165, 1.54) is 19.3 Å². The summed E-state index contributed by atoms with van der Waals surface area (Å²) in [6.45, 7) is 8.88. The molecule has 5 heterocycles. The number of nitrogens with zero attached hydrogens (tertiary/aromatic N) is 6. The van der Waals surface area contributed by atoms with Gasteiger partial charge in [0, 0.05) is 31.5 Å². The van der Waals surface area contributed by atoms with Crippen LogP contribution in [-0.2, 0) is 0 Å². The fourth-order valence-corrected chi connectivity index (χ4v) is 4.75. The highest BCUT2D eigenvalue weighted by Crippen LogP contribution is 2.26. The van der Waals surface area contributed by atoms with E-state index in [9.17, 15) is 4.79 Å². The third-order valence-corrected chi connectivity index (χ3v) is 6.30. The van der Waals surface area contributed by atoms with E-state index in [-0.39, 0.29) is 11.5 Å². The van der Waals surface area contributed by atoms with Crippen LogP contribution in [0.4, 0.5) is 11.8 Å². The second-order valence-electron chi connectivity index (χ2n) is 8.91. The summed E-state index contributed by atoms with van der Waals surface area (Å²) in [6.07, 6.45) is 8.85. The summed E-state index contributed by atoms with van der Waals surface area (Å²) in [5.41, 5.74) is 2.68. The van der Waals surface area contributed by atoms with E-state index in [0.29, 0.717) is 36.2 Å². The van der Waals surface area contributed by atoms with Gasteiger partial charge in [-0.15, -0.1) is 0 Å². The monoisotopic (exact) mass is 450 g/mol. The molecular weight excluding hydrogens is 420 g/mol. The molecule has 5 rings (SSSR count). The molecule has 2 aliphatic heterocycles. The zero-order chi connectivity index (χ0) is 22.9. The number of aryl methyl sites for hydroxylation is 2. The first-order chi connectivity index (χ1) is 16.0. The Kier molecular flexibility index (Phi) is 5.84. The number of hydrogen-bond donors (Lipinski definition) is 2. The van der Waals surface area contributed by atoms with Crippen molar-refractivity contribution in [2.45, 2.75) is 46.1 Å². The van der Waals surface area contributed by atoms with Gasteiger partial charge in [0.05, 0.1) is 24.2 Å². The quantitative estimate of drug-likeness (QED) is 0.610. The van der Waals surface area contributed by atoms with Crippen molar-refractivity contribution in [1.29, 1.82) is 0 Å². The summed E-state index contributed by atoms with van der Waals surface area (Å²) in [7, 11) is 0. The number of fused-ring (bicyclic) bond motifs is 4. The van der Waals surface area contributed by atoms with E-state index in [1.54, 1.807) is 12.4 Å². The van der Waals surface area contributed by atoms with Crippen LogP contribution in [0.1, 0.15) is 47.9 Å². The number of carbonyl (C=O) groups is 1. The summed E-state index contributed by atoms with van der Waals surface area (Å²) in [6, 6.07) is 0.440.